The molecule has 10 heteroatoms. The molecule has 1 aromatic rings. The Kier molecular flexibility index (Phi) is 5.72. The summed E-state index contributed by atoms with van der Waals surface area (Å²) in [6.45, 7) is 1.64. The van der Waals surface area contributed by atoms with E-state index in [2.05, 4.69) is 5.32 Å². The summed E-state index contributed by atoms with van der Waals surface area (Å²) in [6.07, 6.45) is 0. The fourth-order valence-electron chi connectivity index (χ4n) is 1.88. The Hall–Kier alpha value is -0.930. The maximum absolute atomic E-state index is 12.4. The molecule has 1 aliphatic heterocycles. The van der Waals surface area contributed by atoms with E-state index < -0.39 is 20.6 Å². The zero-order chi connectivity index (χ0) is 14.0. The predicted octanol–water partition coefficient (Wildman–Crippen LogP) is 1.26. The molecular formula is C10H13Cl2N3O4S. The lowest BCUT2D eigenvalue weighted by atomic mass is 10.3. The van der Waals surface area contributed by atoms with Gasteiger partial charge in [0.15, 0.2) is 4.90 Å². The second-order valence-corrected chi connectivity index (χ2v) is 6.37. The molecule has 1 aliphatic rings. The van der Waals surface area contributed by atoms with Crippen LogP contribution < -0.4 is 5.32 Å². The van der Waals surface area contributed by atoms with Crippen LogP contribution in [0.15, 0.2) is 23.1 Å². The van der Waals surface area contributed by atoms with Crippen LogP contribution in [-0.2, 0) is 10.0 Å². The highest BCUT2D eigenvalue weighted by Crippen LogP contribution is 2.29. The van der Waals surface area contributed by atoms with Crippen LogP contribution in [0.5, 0.6) is 0 Å². The minimum Gasteiger partial charge on any atom is -0.314 e. The highest BCUT2D eigenvalue weighted by Gasteiger charge is 2.32. The van der Waals surface area contributed by atoms with Gasteiger partial charge in [-0.15, -0.1) is 12.4 Å². The van der Waals surface area contributed by atoms with Crippen molar-refractivity contribution in [1.82, 2.24) is 9.62 Å². The first-order chi connectivity index (χ1) is 8.93. The number of piperazine rings is 1. The van der Waals surface area contributed by atoms with E-state index in [1.807, 2.05) is 0 Å². The molecule has 0 aromatic heterocycles. The van der Waals surface area contributed by atoms with Gasteiger partial charge in [-0.2, -0.15) is 4.31 Å². The highest BCUT2D eigenvalue weighted by molar-refractivity contribution is 7.89. The lowest BCUT2D eigenvalue weighted by molar-refractivity contribution is -0.387. The predicted molar refractivity (Wildman–Crippen MR) is 77.0 cm³/mol. The third-order valence-corrected chi connectivity index (χ3v) is 4.99. The molecule has 0 bridgehead atoms. The number of nitro benzene ring substituents is 1. The molecule has 0 atom stereocenters. The monoisotopic (exact) mass is 341 g/mol. The van der Waals surface area contributed by atoms with E-state index in [9.17, 15) is 18.5 Å². The molecular weight excluding hydrogens is 329 g/mol. The number of halogens is 2. The van der Waals surface area contributed by atoms with Gasteiger partial charge in [-0.05, 0) is 12.1 Å². The molecule has 1 fully saturated rings. The van der Waals surface area contributed by atoms with Crippen molar-refractivity contribution in [3.8, 4) is 0 Å². The summed E-state index contributed by atoms with van der Waals surface area (Å²) in [5.74, 6) is 0. The quantitative estimate of drug-likeness (QED) is 0.660. The molecule has 0 unspecified atom stereocenters. The second kappa shape index (κ2) is 6.68. The lowest BCUT2D eigenvalue weighted by Crippen LogP contribution is -2.46. The van der Waals surface area contributed by atoms with Crippen LogP contribution in [0.2, 0.25) is 5.02 Å². The Morgan fingerprint density at radius 1 is 1.30 bits per heavy atom. The Bertz CT molecular complexity index is 603. The number of hydrogen-bond acceptors (Lipinski definition) is 5. The molecule has 112 valence electrons. The summed E-state index contributed by atoms with van der Waals surface area (Å²) in [7, 11) is -3.86. The van der Waals surface area contributed by atoms with Crippen LogP contribution >= 0.6 is 24.0 Å². The number of benzene rings is 1. The van der Waals surface area contributed by atoms with E-state index in [1.54, 1.807) is 0 Å². The topological polar surface area (TPSA) is 92.5 Å². The summed E-state index contributed by atoms with van der Waals surface area (Å²) < 4.78 is 26.0. The van der Waals surface area contributed by atoms with Crippen molar-refractivity contribution in [1.29, 1.82) is 0 Å². The van der Waals surface area contributed by atoms with E-state index >= 15 is 0 Å². The van der Waals surface area contributed by atoms with Crippen molar-refractivity contribution in [2.75, 3.05) is 26.2 Å². The SMILES string of the molecule is Cl.O=[N+]([O-])c1cc(Cl)ccc1S(=O)(=O)N1CCNCC1. The van der Waals surface area contributed by atoms with Crippen molar-refractivity contribution in [3.63, 3.8) is 0 Å². The van der Waals surface area contributed by atoms with Gasteiger partial charge in [-0.25, -0.2) is 8.42 Å². The Labute approximate surface area is 127 Å². The third kappa shape index (κ3) is 3.39. The van der Waals surface area contributed by atoms with E-state index in [0.717, 1.165) is 6.07 Å². The number of hydrogen-bond donors (Lipinski definition) is 1. The molecule has 0 radical (unpaired) electrons. The van der Waals surface area contributed by atoms with Crippen LogP contribution in [0.3, 0.4) is 0 Å². The van der Waals surface area contributed by atoms with Gasteiger partial charge in [0.2, 0.25) is 10.0 Å². The van der Waals surface area contributed by atoms with Gasteiger partial charge in [-0.1, -0.05) is 11.6 Å². The Morgan fingerprint density at radius 2 is 1.90 bits per heavy atom. The molecule has 1 N–H and O–H groups in total. The number of nitrogens with one attached hydrogen (secondary N) is 1. The van der Waals surface area contributed by atoms with Crippen molar-refractivity contribution >= 4 is 39.7 Å². The number of nitro groups is 1. The first-order valence-electron chi connectivity index (χ1n) is 5.58. The first kappa shape index (κ1) is 17.1. The van der Waals surface area contributed by atoms with Gasteiger partial charge in [0.05, 0.1) is 4.92 Å². The highest BCUT2D eigenvalue weighted by atomic mass is 35.5. The molecule has 7 nitrogen and oxygen atoms in total. The lowest BCUT2D eigenvalue weighted by Gasteiger charge is -2.26. The zero-order valence-corrected chi connectivity index (χ0v) is 12.7. The molecule has 0 spiro atoms. The van der Waals surface area contributed by atoms with Crippen molar-refractivity contribution < 1.29 is 13.3 Å². The fourth-order valence-corrected chi connectivity index (χ4v) is 3.62. The van der Waals surface area contributed by atoms with Gasteiger partial charge in [0, 0.05) is 37.3 Å². The minimum absolute atomic E-state index is 0. The molecule has 0 amide bonds. The van der Waals surface area contributed by atoms with Crippen LogP contribution in [0.4, 0.5) is 5.69 Å². The molecule has 20 heavy (non-hydrogen) atoms. The van der Waals surface area contributed by atoms with Crippen LogP contribution in [0.25, 0.3) is 0 Å². The van der Waals surface area contributed by atoms with Gasteiger partial charge < -0.3 is 5.32 Å². The summed E-state index contributed by atoms with van der Waals surface area (Å²) in [5.41, 5.74) is -0.494. The Balaban J connectivity index is 0.00000200. The maximum Gasteiger partial charge on any atom is 0.290 e. The average molecular weight is 342 g/mol. The molecule has 1 aromatic carbocycles. The number of rotatable bonds is 3. The van der Waals surface area contributed by atoms with Crippen molar-refractivity contribution in [3.05, 3.63) is 33.3 Å². The van der Waals surface area contributed by atoms with Gasteiger partial charge in [-0.3, -0.25) is 10.1 Å². The van der Waals surface area contributed by atoms with E-state index in [-0.39, 0.29) is 22.3 Å². The van der Waals surface area contributed by atoms with Gasteiger partial charge >= 0.3 is 0 Å². The minimum atomic E-state index is -3.86. The van der Waals surface area contributed by atoms with Gasteiger partial charge in [0.1, 0.15) is 0 Å². The average Bonchev–Trinajstić information content (AvgIpc) is 2.39. The summed E-state index contributed by atoms with van der Waals surface area (Å²) in [6, 6.07) is 3.57. The zero-order valence-electron chi connectivity index (χ0n) is 10.3. The van der Waals surface area contributed by atoms with E-state index in [0.29, 0.717) is 26.2 Å². The fraction of sp³-hybridized carbons (Fsp3) is 0.400. The Morgan fingerprint density at radius 3 is 2.45 bits per heavy atom. The number of nitrogens with zero attached hydrogens (tertiary/aromatic N) is 2. The second-order valence-electron chi connectivity index (χ2n) is 4.02. The third-order valence-electron chi connectivity index (χ3n) is 2.81. The van der Waals surface area contributed by atoms with Crippen LogP contribution in [-0.4, -0.2) is 43.8 Å². The van der Waals surface area contributed by atoms with Crippen LogP contribution in [0.1, 0.15) is 0 Å². The molecule has 1 heterocycles. The smallest absolute Gasteiger partial charge is 0.290 e. The summed E-state index contributed by atoms with van der Waals surface area (Å²) in [4.78, 5) is 9.90. The molecule has 2 rings (SSSR count). The summed E-state index contributed by atoms with van der Waals surface area (Å²) >= 11 is 5.67. The van der Waals surface area contributed by atoms with Crippen molar-refractivity contribution in [2.24, 2.45) is 0 Å². The standard InChI is InChI=1S/C10H12ClN3O4S.ClH/c11-8-1-2-10(9(7-8)14(15)16)19(17,18)13-5-3-12-4-6-13;/h1-2,7,12H,3-6H2;1H. The first-order valence-corrected chi connectivity index (χ1v) is 7.39. The van der Waals surface area contributed by atoms with E-state index in [1.165, 1.54) is 16.4 Å². The molecule has 1 saturated heterocycles. The van der Waals surface area contributed by atoms with Gasteiger partial charge in [0.25, 0.3) is 5.69 Å². The molecule has 0 aliphatic carbocycles. The van der Waals surface area contributed by atoms with Crippen LogP contribution in [0, 0.1) is 10.1 Å². The number of sulfonamides is 1. The summed E-state index contributed by atoms with van der Waals surface area (Å²) in [5, 5.41) is 14.1. The maximum atomic E-state index is 12.4. The largest absolute Gasteiger partial charge is 0.314 e. The van der Waals surface area contributed by atoms with E-state index in [4.69, 9.17) is 11.6 Å². The normalized spacial score (nSPS) is 16.4. The van der Waals surface area contributed by atoms with Crippen molar-refractivity contribution in [2.45, 2.75) is 4.90 Å². The molecule has 0 saturated carbocycles.